The second kappa shape index (κ2) is 3.97. The summed E-state index contributed by atoms with van der Waals surface area (Å²) in [5, 5.41) is 12.1. The van der Waals surface area contributed by atoms with Gasteiger partial charge in [0.15, 0.2) is 0 Å². The second-order valence-electron chi connectivity index (χ2n) is 2.72. The molecule has 1 heterocycles. The van der Waals surface area contributed by atoms with Crippen molar-refractivity contribution >= 4 is 0 Å². The average Bonchev–Trinajstić information content (AvgIpc) is 2.04. The lowest BCUT2D eigenvalue weighted by Gasteiger charge is -2.08. The van der Waals surface area contributed by atoms with Crippen molar-refractivity contribution in [2.75, 3.05) is 0 Å². The summed E-state index contributed by atoms with van der Waals surface area (Å²) in [6, 6.07) is 0. The molecule has 0 aromatic carbocycles. The molecule has 0 bridgehead atoms. The third-order valence-electron chi connectivity index (χ3n) is 1.65. The van der Waals surface area contributed by atoms with Crippen molar-refractivity contribution in [2.24, 2.45) is 5.73 Å². The average molecular weight is 166 g/mol. The molecule has 1 unspecified atom stereocenters. The van der Waals surface area contributed by atoms with Crippen molar-refractivity contribution in [1.82, 2.24) is 5.32 Å². The number of hydrogen-bond donors (Lipinski definition) is 3. The molecule has 0 amide bonds. The van der Waals surface area contributed by atoms with E-state index in [1.807, 2.05) is 13.0 Å². The monoisotopic (exact) mass is 166 g/mol. The van der Waals surface area contributed by atoms with Crippen LogP contribution in [0.25, 0.3) is 0 Å². The number of hydrogen-bond acceptors (Lipinski definition) is 3. The first-order chi connectivity index (χ1) is 5.72. The van der Waals surface area contributed by atoms with Gasteiger partial charge in [0.1, 0.15) is 5.82 Å². The Hall–Kier alpha value is -1.22. The molecule has 4 N–H and O–H groups in total. The van der Waals surface area contributed by atoms with Crippen molar-refractivity contribution in [3.63, 3.8) is 0 Å². The Morgan fingerprint density at radius 1 is 1.75 bits per heavy atom. The van der Waals surface area contributed by atoms with E-state index < -0.39 is 0 Å². The van der Waals surface area contributed by atoms with Gasteiger partial charge in [-0.15, -0.1) is 0 Å². The molecule has 0 radical (unpaired) electrons. The van der Waals surface area contributed by atoms with Crippen molar-refractivity contribution in [2.45, 2.75) is 19.4 Å². The van der Waals surface area contributed by atoms with E-state index in [0.29, 0.717) is 5.82 Å². The summed E-state index contributed by atoms with van der Waals surface area (Å²) in [5.41, 5.74) is 6.46. The van der Waals surface area contributed by atoms with Crippen molar-refractivity contribution in [3.05, 3.63) is 35.8 Å². The van der Waals surface area contributed by atoms with Crippen molar-refractivity contribution < 1.29 is 5.11 Å². The van der Waals surface area contributed by atoms with E-state index in [1.54, 1.807) is 18.4 Å². The Bertz CT molecular complexity index is 241. The minimum absolute atomic E-state index is 0.383. The molecule has 1 atom stereocenters. The fraction of sp³-hybridized carbons (Fsp3) is 0.333. The minimum atomic E-state index is -0.383. The van der Waals surface area contributed by atoms with Gasteiger partial charge in [0.05, 0.1) is 6.10 Å². The van der Waals surface area contributed by atoms with Crippen LogP contribution in [0.3, 0.4) is 0 Å². The zero-order chi connectivity index (χ0) is 8.97. The van der Waals surface area contributed by atoms with Gasteiger partial charge in [-0.1, -0.05) is 6.92 Å². The highest BCUT2D eigenvalue weighted by molar-refractivity contribution is 5.36. The molecular weight excluding hydrogens is 152 g/mol. The molecule has 3 nitrogen and oxygen atoms in total. The first-order valence-electron chi connectivity index (χ1n) is 4.02. The lowest BCUT2D eigenvalue weighted by atomic mass is 10.1. The Balaban J connectivity index is 2.68. The number of rotatable bonds is 2. The lowest BCUT2D eigenvalue weighted by molar-refractivity contribution is 0.218. The lowest BCUT2D eigenvalue weighted by Crippen LogP contribution is -2.16. The zero-order valence-corrected chi connectivity index (χ0v) is 7.12. The molecule has 0 aliphatic carbocycles. The molecule has 0 aromatic rings. The minimum Gasteiger partial charge on any atom is -0.389 e. The van der Waals surface area contributed by atoms with Gasteiger partial charge in [0.2, 0.25) is 0 Å². The van der Waals surface area contributed by atoms with Gasteiger partial charge in [0.25, 0.3) is 0 Å². The first kappa shape index (κ1) is 8.87. The highest BCUT2D eigenvalue weighted by Gasteiger charge is 2.00. The maximum atomic E-state index is 9.30. The van der Waals surface area contributed by atoms with Crippen LogP contribution in [-0.4, -0.2) is 11.2 Å². The third-order valence-corrected chi connectivity index (χ3v) is 1.65. The van der Waals surface area contributed by atoms with Crippen LogP contribution in [0.4, 0.5) is 0 Å². The molecule has 1 aliphatic rings. The van der Waals surface area contributed by atoms with E-state index in [-0.39, 0.29) is 6.10 Å². The standard InChI is InChI=1S/C9H14N2O/c1-2-8(12)5-7-3-4-11-9(10)6-7/h3-6,8,11-12H,2,10H2,1H3. The number of dihydropyridines is 1. The predicted molar refractivity (Wildman–Crippen MR) is 48.9 cm³/mol. The molecule has 66 valence electrons. The predicted octanol–water partition coefficient (Wildman–Crippen LogP) is 0.601. The maximum absolute atomic E-state index is 9.30. The summed E-state index contributed by atoms with van der Waals surface area (Å²) in [7, 11) is 0. The number of aliphatic hydroxyl groups is 1. The van der Waals surface area contributed by atoms with Crippen LogP contribution in [0.15, 0.2) is 35.8 Å². The highest BCUT2D eigenvalue weighted by atomic mass is 16.3. The van der Waals surface area contributed by atoms with Crippen LogP contribution in [0.5, 0.6) is 0 Å². The van der Waals surface area contributed by atoms with Crippen LogP contribution in [-0.2, 0) is 0 Å². The van der Waals surface area contributed by atoms with Gasteiger partial charge in [-0.3, -0.25) is 0 Å². The molecule has 1 rings (SSSR count). The van der Waals surface area contributed by atoms with Gasteiger partial charge in [-0.05, 0) is 30.2 Å². The van der Waals surface area contributed by atoms with E-state index in [0.717, 1.165) is 12.0 Å². The Morgan fingerprint density at radius 2 is 2.50 bits per heavy atom. The highest BCUT2D eigenvalue weighted by Crippen LogP contribution is 2.07. The van der Waals surface area contributed by atoms with Crippen molar-refractivity contribution in [1.29, 1.82) is 0 Å². The summed E-state index contributed by atoms with van der Waals surface area (Å²) in [6.07, 6.45) is 7.53. The maximum Gasteiger partial charge on any atom is 0.101 e. The van der Waals surface area contributed by atoms with E-state index >= 15 is 0 Å². The van der Waals surface area contributed by atoms with Gasteiger partial charge < -0.3 is 16.2 Å². The summed E-state index contributed by atoms with van der Waals surface area (Å²) in [5.74, 6) is 0.604. The molecule has 0 spiro atoms. The summed E-state index contributed by atoms with van der Waals surface area (Å²) >= 11 is 0. The number of allylic oxidation sites excluding steroid dienone is 3. The van der Waals surface area contributed by atoms with Crippen LogP contribution < -0.4 is 11.1 Å². The first-order valence-corrected chi connectivity index (χ1v) is 4.02. The summed E-state index contributed by atoms with van der Waals surface area (Å²) in [6.45, 7) is 1.93. The summed E-state index contributed by atoms with van der Waals surface area (Å²) < 4.78 is 0. The molecule has 3 heteroatoms. The quantitative estimate of drug-likeness (QED) is 0.563. The molecule has 12 heavy (non-hydrogen) atoms. The number of aliphatic hydroxyl groups excluding tert-OH is 1. The number of nitrogens with one attached hydrogen (secondary N) is 1. The molecule has 0 saturated heterocycles. The largest absolute Gasteiger partial charge is 0.389 e. The second-order valence-corrected chi connectivity index (χ2v) is 2.72. The van der Waals surface area contributed by atoms with Crippen LogP contribution in [0.1, 0.15) is 13.3 Å². The topological polar surface area (TPSA) is 58.3 Å². The van der Waals surface area contributed by atoms with E-state index in [2.05, 4.69) is 5.32 Å². The Kier molecular flexibility index (Phi) is 2.94. The van der Waals surface area contributed by atoms with Crippen LogP contribution in [0, 0.1) is 0 Å². The van der Waals surface area contributed by atoms with Crippen LogP contribution >= 0.6 is 0 Å². The Labute approximate surface area is 72.3 Å². The van der Waals surface area contributed by atoms with E-state index in [4.69, 9.17) is 5.73 Å². The van der Waals surface area contributed by atoms with Gasteiger partial charge in [0, 0.05) is 6.20 Å². The molecule has 0 saturated carbocycles. The van der Waals surface area contributed by atoms with Gasteiger partial charge in [-0.2, -0.15) is 0 Å². The van der Waals surface area contributed by atoms with E-state index in [1.165, 1.54) is 0 Å². The molecule has 1 aliphatic heterocycles. The van der Waals surface area contributed by atoms with Crippen LogP contribution in [0.2, 0.25) is 0 Å². The SMILES string of the molecule is CCC(O)C=C1C=CNC(N)=C1. The van der Waals surface area contributed by atoms with E-state index in [9.17, 15) is 5.11 Å². The normalized spacial score (nSPS) is 21.8. The molecule has 0 fully saturated rings. The Morgan fingerprint density at radius 3 is 3.08 bits per heavy atom. The summed E-state index contributed by atoms with van der Waals surface area (Å²) in [4.78, 5) is 0. The van der Waals surface area contributed by atoms with Gasteiger partial charge in [-0.25, -0.2) is 0 Å². The van der Waals surface area contributed by atoms with Gasteiger partial charge >= 0.3 is 0 Å². The number of nitrogens with two attached hydrogens (primary N) is 1. The van der Waals surface area contributed by atoms with Crippen molar-refractivity contribution in [3.8, 4) is 0 Å². The molecule has 0 aromatic heterocycles. The fourth-order valence-electron chi connectivity index (χ4n) is 0.947. The third kappa shape index (κ3) is 2.43. The zero-order valence-electron chi connectivity index (χ0n) is 7.12. The fourth-order valence-corrected chi connectivity index (χ4v) is 0.947. The molecular formula is C9H14N2O. The smallest absolute Gasteiger partial charge is 0.101 e.